The first-order valence-electron chi connectivity index (χ1n) is 4.58. The predicted octanol–water partition coefficient (Wildman–Crippen LogP) is 2.27. The second kappa shape index (κ2) is 2.60. The van der Waals surface area contributed by atoms with Crippen LogP contribution in [0, 0.1) is 5.92 Å². The fraction of sp³-hybridized carbons (Fsp3) is 0.455. The number of hydrogen-bond acceptors (Lipinski definition) is 1. The van der Waals surface area contributed by atoms with Gasteiger partial charge < -0.3 is 5.73 Å². The molecule has 64 valence electrons. The lowest BCUT2D eigenvalue weighted by Crippen LogP contribution is -2.50. The van der Waals surface area contributed by atoms with Crippen LogP contribution in [0.5, 0.6) is 0 Å². The highest BCUT2D eigenvalue weighted by Gasteiger charge is 2.41. The maximum Gasteiger partial charge on any atom is 0.0435 e. The molecule has 2 N–H and O–H groups in total. The summed E-state index contributed by atoms with van der Waals surface area (Å²) < 4.78 is 0. The number of hydrogen-bond donors (Lipinski definition) is 1. The topological polar surface area (TPSA) is 26.0 Å². The summed E-state index contributed by atoms with van der Waals surface area (Å²) in [5.74, 6) is 0.639. The molecule has 1 nitrogen and oxygen atoms in total. The molecule has 2 rings (SSSR count). The standard InChI is InChI=1S/C11H15N/c1-9-7-8-11(9,12)10-5-3-2-4-6-10/h2-6,9H,7-8,12H2,1H3. The third-order valence-electron chi connectivity index (χ3n) is 3.18. The Morgan fingerprint density at radius 1 is 1.33 bits per heavy atom. The lowest BCUT2D eigenvalue weighted by molar-refractivity contribution is 0.145. The van der Waals surface area contributed by atoms with Crippen molar-refractivity contribution in [1.82, 2.24) is 0 Å². The fourth-order valence-electron chi connectivity index (χ4n) is 1.92. The van der Waals surface area contributed by atoms with Gasteiger partial charge >= 0.3 is 0 Å². The third-order valence-corrected chi connectivity index (χ3v) is 3.18. The molecule has 1 aromatic carbocycles. The summed E-state index contributed by atoms with van der Waals surface area (Å²) >= 11 is 0. The summed E-state index contributed by atoms with van der Waals surface area (Å²) in [6, 6.07) is 10.4. The van der Waals surface area contributed by atoms with Gasteiger partial charge in [0.05, 0.1) is 0 Å². The highest BCUT2D eigenvalue weighted by Crippen LogP contribution is 2.43. The first-order valence-corrected chi connectivity index (χ1v) is 4.58. The van der Waals surface area contributed by atoms with E-state index in [1.54, 1.807) is 0 Å². The minimum Gasteiger partial charge on any atom is -0.321 e. The quantitative estimate of drug-likeness (QED) is 0.671. The van der Waals surface area contributed by atoms with Crippen molar-refractivity contribution in [2.24, 2.45) is 11.7 Å². The van der Waals surface area contributed by atoms with E-state index in [9.17, 15) is 0 Å². The van der Waals surface area contributed by atoms with Gasteiger partial charge in [0.1, 0.15) is 0 Å². The third kappa shape index (κ3) is 0.969. The van der Waals surface area contributed by atoms with Gasteiger partial charge in [-0.3, -0.25) is 0 Å². The molecule has 2 atom stereocenters. The molecule has 1 saturated carbocycles. The Bertz CT molecular complexity index is 268. The predicted molar refractivity (Wildman–Crippen MR) is 50.7 cm³/mol. The Morgan fingerprint density at radius 2 is 2.00 bits per heavy atom. The molecule has 1 aliphatic carbocycles. The maximum absolute atomic E-state index is 6.27. The van der Waals surface area contributed by atoms with Gasteiger partial charge in [-0.15, -0.1) is 0 Å². The van der Waals surface area contributed by atoms with Gasteiger partial charge in [0, 0.05) is 5.54 Å². The van der Waals surface area contributed by atoms with Crippen molar-refractivity contribution in [3.05, 3.63) is 35.9 Å². The van der Waals surface area contributed by atoms with Gasteiger partial charge in [-0.25, -0.2) is 0 Å². The maximum atomic E-state index is 6.27. The average molecular weight is 161 g/mol. The van der Waals surface area contributed by atoms with Crippen molar-refractivity contribution in [2.45, 2.75) is 25.3 Å². The van der Waals surface area contributed by atoms with Gasteiger partial charge in [-0.2, -0.15) is 0 Å². The average Bonchev–Trinajstić information content (AvgIpc) is 2.16. The number of benzene rings is 1. The van der Waals surface area contributed by atoms with Crippen LogP contribution >= 0.6 is 0 Å². The molecule has 1 heteroatoms. The second-order valence-electron chi connectivity index (χ2n) is 3.85. The molecular weight excluding hydrogens is 146 g/mol. The van der Waals surface area contributed by atoms with Crippen LogP contribution in [0.15, 0.2) is 30.3 Å². The Morgan fingerprint density at radius 3 is 2.42 bits per heavy atom. The van der Waals surface area contributed by atoms with Crippen molar-refractivity contribution < 1.29 is 0 Å². The van der Waals surface area contributed by atoms with Gasteiger partial charge in [0.15, 0.2) is 0 Å². The van der Waals surface area contributed by atoms with Gasteiger partial charge in [-0.05, 0) is 24.3 Å². The molecule has 0 spiro atoms. The summed E-state index contributed by atoms with van der Waals surface area (Å²) in [4.78, 5) is 0. The minimum absolute atomic E-state index is 0.0265. The Labute approximate surface area is 73.6 Å². The highest BCUT2D eigenvalue weighted by atomic mass is 14.8. The normalized spacial score (nSPS) is 34.3. The van der Waals surface area contributed by atoms with E-state index in [1.165, 1.54) is 12.0 Å². The van der Waals surface area contributed by atoms with Crippen LogP contribution in [-0.4, -0.2) is 0 Å². The summed E-state index contributed by atoms with van der Waals surface area (Å²) in [5, 5.41) is 0. The molecule has 2 unspecified atom stereocenters. The number of rotatable bonds is 1. The number of nitrogens with two attached hydrogens (primary N) is 1. The van der Waals surface area contributed by atoms with Gasteiger partial charge in [0.25, 0.3) is 0 Å². The van der Waals surface area contributed by atoms with Crippen LogP contribution in [-0.2, 0) is 5.54 Å². The molecule has 0 amide bonds. The molecule has 0 bridgehead atoms. The molecule has 0 aliphatic heterocycles. The van der Waals surface area contributed by atoms with Crippen molar-refractivity contribution in [3.8, 4) is 0 Å². The first kappa shape index (κ1) is 7.81. The highest BCUT2D eigenvalue weighted by molar-refractivity contribution is 5.27. The summed E-state index contributed by atoms with van der Waals surface area (Å²) in [5.41, 5.74) is 7.54. The van der Waals surface area contributed by atoms with Crippen molar-refractivity contribution in [2.75, 3.05) is 0 Å². The van der Waals surface area contributed by atoms with E-state index in [0.29, 0.717) is 5.92 Å². The van der Waals surface area contributed by atoms with Crippen LogP contribution < -0.4 is 5.73 Å². The summed E-state index contributed by atoms with van der Waals surface area (Å²) in [6.07, 6.45) is 2.41. The van der Waals surface area contributed by atoms with E-state index < -0.39 is 0 Å². The SMILES string of the molecule is CC1CCC1(N)c1ccccc1. The fourth-order valence-corrected chi connectivity index (χ4v) is 1.92. The molecular formula is C11H15N. The zero-order chi connectivity index (χ0) is 8.60. The molecule has 0 saturated heterocycles. The zero-order valence-electron chi connectivity index (χ0n) is 7.46. The van der Waals surface area contributed by atoms with Crippen LogP contribution in [0.25, 0.3) is 0 Å². The molecule has 1 aliphatic rings. The van der Waals surface area contributed by atoms with Crippen molar-refractivity contribution >= 4 is 0 Å². The summed E-state index contributed by atoms with van der Waals surface area (Å²) in [7, 11) is 0. The lowest BCUT2D eigenvalue weighted by atomic mass is 9.65. The van der Waals surface area contributed by atoms with Crippen molar-refractivity contribution in [3.63, 3.8) is 0 Å². The lowest BCUT2D eigenvalue weighted by Gasteiger charge is -2.45. The molecule has 12 heavy (non-hydrogen) atoms. The van der Waals surface area contributed by atoms with Gasteiger partial charge in [0.2, 0.25) is 0 Å². The van der Waals surface area contributed by atoms with Crippen LogP contribution in [0.3, 0.4) is 0 Å². The van der Waals surface area contributed by atoms with Crippen LogP contribution in [0.1, 0.15) is 25.3 Å². The van der Waals surface area contributed by atoms with Crippen LogP contribution in [0.4, 0.5) is 0 Å². The van der Waals surface area contributed by atoms with Gasteiger partial charge in [-0.1, -0.05) is 37.3 Å². The molecule has 1 fully saturated rings. The second-order valence-corrected chi connectivity index (χ2v) is 3.85. The van der Waals surface area contributed by atoms with E-state index in [1.807, 2.05) is 6.07 Å². The molecule has 1 aromatic rings. The molecule has 0 radical (unpaired) electrons. The largest absolute Gasteiger partial charge is 0.321 e. The van der Waals surface area contributed by atoms with E-state index >= 15 is 0 Å². The van der Waals surface area contributed by atoms with E-state index in [2.05, 4.69) is 31.2 Å². The van der Waals surface area contributed by atoms with E-state index in [-0.39, 0.29) is 5.54 Å². The molecule has 0 heterocycles. The van der Waals surface area contributed by atoms with Crippen molar-refractivity contribution in [1.29, 1.82) is 0 Å². The Hall–Kier alpha value is -0.820. The Kier molecular flexibility index (Phi) is 1.69. The summed E-state index contributed by atoms with van der Waals surface area (Å²) in [6.45, 7) is 2.23. The molecule has 0 aromatic heterocycles. The van der Waals surface area contributed by atoms with Crippen LogP contribution in [0.2, 0.25) is 0 Å². The first-order chi connectivity index (χ1) is 5.73. The minimum atomic E-state index is -0.0265. The zero-order valence-corrected chi connectivity index (χ0v) is 7.46. The van der Waals surface area contributed by atoms with E-state index in [4.69, 9.17) is 5.73 Å². The monoisotopic (exact) mass is 161 g/mol. The van der Waals surface area contributed by atoms with E-state index in [0.717, 1.165) is 6.42 Å². The Balaban J connectivity index is 2.31. The smallest absolute Gasteiger partial charge is 0.0435 e.